The second-order valence-electron chi connectivity index (χ2n) is 4.85. The molecule has 2 aliphatic rings. The lowest BCUT2D eigenvalue weighted by atomic mass is 9.98. The van der Waals surface area contributed by atoms with Gasteiger partial charge in [-0.25, -0.2) is 0 Å². The molecule has 0 aromatic heterocycles. The van der Waals surface area contributed by atoms with Crippen molar-refractivity contribution in [2.45, 2.75) is 32.0 Å². The summed E-state index contributed by atoms with van der Waals surface area (Å²) in [5.41, 5.74) is 0. The van der Waals surface area contributed by atoms with E-state index < -0.39 is 0 Å². The maximum Gasteiger partial charge on any atom is 0.226 e. The molecule has 0 aromatic carbocycles. The van der Waals surface area contributed by atoms with E-state index in [-0.39, 0.29) is 24.0 Å². The molecule has 5 heteroatoms. The summed E-state index contributed by atoms with van der Waals surface area (Å²) in [5, 5.41) is 0. The lowest BCUT2D eigenvalue weighted by Crippen LogP contribution is -2.52. The van der Waals surface area contributed by atoms with E-state index in [1.54, 1.807) is 0 Å². The fourth-order valence-electron chi connectivity index (χ4n) is 2.51. The fraction of sp³-hybridized carbons (Fsp3) is 0.917. The van der Waals surface area contributed by atoms with Crippen LogP contribution in [0.15, 0.2) is 0 Å². The molecule has 1 amide bonds. The van der Waals surface area contributed by atoms with Gasteiger partial charge in [0.25, 0.3) is 0 Å². The summed E-state index contributed by atoms with van der Waals surface area (Å²) in [4.78, 5) is 14.2. The van der Waals surface area contributed by atoms with Crippen molar-refractivity contribution in [2.24, 2.45) is 5.92 Å². The minimum Gasteiger partial charge on any atom is -0.381 e. The minimum atomic E-state index is -0.0239. The summed E-state index contributed by atoms with van der Waals surface area (Å²) in [6.45, 7) is 4.71. The molecule has 4 nitrogen and oxygen atoms in total. The number of halogens is 1. The second-order valence-corrected chi connectivity index (χ2v) is 5.16. The molecule has 17 heavy (non-hydrogen) atoms. The molecule has 0 bridgehead atoms. The van der Waals surface area contributed by atoms with Gasteiger partial charge in [0.1, 0.15) is 0 Å². The zero-order valence-electron chi connectivity index (χ0n) is 10.2. The highest BCUT2D eigenvalue weighted by Crippen LogP contribution is 2.21. The van der Waals surface area contributed by atoms with Crippen LogP contribution in [0.5, 0.6) is 0 Å². The standard InChI is InChI=1S/C12H20ClNO3/c1-9-7-14(8-11(6-13)17-9)12(15)10-2-4-16-5-3-10/h9-11H,2-8H2,1H3. The first kappa shape index (κ1) is 13.1. The summed E-state index contributed by atoms with van der Waals surface area (Å²) >= 11 is 5.82. The molecule has 0 spiro atoms. The SMILES string of the molecule is CC1CN(C(=O)C2CCOCC2)CC(CCl)O1. The average molecular weight is 262 g/mol. The molecule has 0 N–H and O–H groups in total. The molecule has 0 saturated carbocycles. The van der Waals surface area contributed by atoms with Gasteiger partial charge in [-0.2, -0.15) is 0 Å². The Morgan fingerprint density at radius 3 is 2.71 bits per heavy atom. The summed E-state index contributed by atoms with van der Waals surface area (Å²) in [5.74, 6) is 0.825. The number of amides is 1. The van der Waals surface area contributed by atoms with Crippen LogP contribution in [0.2, 0.25) is 0 Å². The Morgan fingerprint density at radius 1 is 1.35 bits per heavy atom. The number of carbonyl (C=O) groups is 1. The molecular formula is C12H20ClNO3. The van der Waals surface area contributed by atoms with Crippen LogP contribution in [0.25, 0.3) is 0 Å². The molecule has 2 rings (SSSR count). The highest BCUT2D eigenvalue weighted by Gasteiger charge is 2.32. The van der Waals surface area contributed by atoms with Crippen LogP contribution in [0.4, 0.5) is 0 Å². The van der Waals surface area contributed by atoms with Gasteiger partial charge < -0.3 is 14.4 Å². The van der Waals surface area contributed by atoms with E-state index in [0.717, 1.165) is 12.8 Å². The van der Waals surface area contributed by atoms with Crippen molar-refractivity contribution < 1.29 is 14.3 Å². The van der Waals surface area contributed by atoms with E-state index in [1.807, 2.05) is 11.8 Å². The van der Waals surface area contributed by atoms with Gasteiger partial charge in [0.05, 0.1) is 18.1 Å². The second kappa shape index (κ2) is 6.03. The lowest BCUT2D eigenvalue weighted by molar-refractivity contribution is -0.149. The van der Waals surface area contributed by atoms with Crippen molar-refractivity contribution in [1.29, 1.82) is 0 Å². The van der Waals surface area contributed by atoms with Crippen molar-refractivity contribution >= 4 is 17.5 Å². The van der Waals surface area contributed by atoms with Gasteiger partial charge in [0.15, 0.2) is 0 Å². The molecule has 2 atom stereocenters. The third kappa shape index (κ3) is 3.33. The number of morpholine rings is 1. The molecule has 98 valence electrons. The van der Waals surface area contributed by atoms with E-state index in [2.05, 4.69) is 0 Å². The number of hydrogen-bond donors (Lipinski definition) is 0. The third-order valence-electron chi connectivity index (χ3n) is 3.38. The predicted molar refractivity (Wildman–Crippen MR) is 65.2 cm³/mol. The highest BCUT2D eigenvalue weighted by atomic mass is 35.5. The van der Waals surface area contributed by atoms with Crippen molar-refractivity contribution in [2.75, 3.05) is 32.2 Å². The fourth-order valence-corrected chi connectivity index (χ4v) is 2.68. The van der Waals surface area contributed by atoms with E-state index >= 15 is 0 Å². The molecule has 0 radical (unpaired) electrons. The summed E-state index contributed by atoms with van der Waals surface area (Å²) in [7, 11) is 0. The zero-order valence-corrected chi connectivity index (χ0v) is 11.0. The van der Waals surface area contributed by atoms with Crippen LogP contribution >= 0.6 is 11.6 Å². The molecule has 2 heterocycles. The van der Waals surface area contributed by atoms with Gasteiger partial charge in [0, 0.05) is 32.2 Å². The Hall–Kier alpha value is -0.320. The van der Waals surface area contributed by atoms with Gasteiger partial charge in [0.2, 0.25) is 5.91 Å². The van der Waals surface area contributed by atoms with Crippen molar-refractivity contribution in [3.8, 4) is 0 Å². The number of ether oxygens (including phenoxy) is 2. The quantitative estimate of drug-likeness (QED) is 0.703. The topological polar surface area (TPSA) is 38.8 Å². The maximum atomic E-state index is 12.3. The summed E-state index contributed by atoms with van der Waals surface area (Å²) in [6, 6.07) is 0. The van der Waals surface area contributed by atoms with E-state index in [0.29, 0.717) is 32.2 Å². The van der Waals surface area contributed by atoms with Crippen LogP contribution in [0.1, 0.15) is 19.8 Å². The van der Waals surface area contributed by atoms with Gasteiger partial charge in [-0.3, -0.25) is 4.79 Å². The Kier molecular flexibility index (Phi) is 4.65. The Morgan fingerprint density at radius 2 is 2.06 bits per heavy atom. The molecule has 2 fully saturated rings. The average Bonchev–Trinajstić information content (AvgIpc) is 2.38. The number of alkyl halides is 1. The Labute approximate surface area is 107 Å². The highest BCUT2D eigenvalue weighted by molar-refractivity contribution is 6.18. The number of carbonyl (C=O) groups excluding carboxylic acids is 1. The monoisotopic (exact) mass is 261 g/mol. The molecule has 0 aliphatic carbocycles. The number of hydrogen-bond acceptors (Lipinski definition) is 3. The Bertz CT molecular complexity index is 268. The third-order valence-corrected chi connectivity index (χ3v) is 3.72. The molecule has 2 unspecified atom stereocenters. The van der Waals surface area contributed by atoms with Crippen LogP contribution < -0.4 is 0 Å². The van der Waals surface area contributed by atoms with Gasteiger partial charge in [-0.05, 0) is 19.8 Å². The first-order chi connectivity index (χ1) is 8.20. The van der Waals surface area contributed by atoms with Gasteiger partial charge in [-0.1, -0.05) is 0 Å². The van der Waals surface area contributed by atoms with Crippen LogP contribution in [0.3, 0.4) is 0 Å². The number of rotatable bonds is 2. The Balaban J connectivity index is 1.93. The van der Waals surface area contributed by atoms with Crippen molar-refractivity contribution in [1.82, 2.24) is 4.90 Å². The maximum absolute atomic E-state index is 12.3. The van der Waals surface area contributed by atoms with Crippen molar-refractivity contribution in [3.05, 3.63) is 0 Å². The summed E-state index contributed by atoms with van der Waals surface area (Å²) < 4.78 is 10.9. The van der Waals surface area contributed by atoms with E-state index in [4.69, 9.17) is 21.1 Å². The van der Waals surface area contributed by atoms with Crippen molar-refractivity contribution in [3.63, 3.8) is 0 Å². The predicted octanol–water partition coefficient (Wildman–Crippen LogP) is 1.27. The van der Waals surface area contributed by atoms with Crippen LogP contribution in [-0.2, 0) is 14.3 Å². The molecule has 0 aromatic rings. The van der Waals surface area contributed by atoms with Crippen LogP contribution in [-0.4, -0.2) is 55.2 Å². The largest absolute Gasteiger partial charge is 0.381 e. The zero-order chi connectivity index (χ0) is 12.3. The summed E-state index contributed by atoms with van der Waals surface area (Å²) in [6.07, 6.45) is 1.74. The first-order valence-electron chi connectivity index (χ1n) is 6.28. The smallest absolute Gasteiger partial charge is 0.226 e. The normalized spacial score (nSPS) is 31.5. The molecule has 2 saturated heterocycles. The minimum absolute atomic E-state index is 0.0239. The molecule has 2 aliphatic heterocycles. The first-order valence-corrected chi connectivity index (χ1v) is 6.82. The van der Waals surface area contributed by atoms with E-state index in [1.165, 1.54) is 0 Å². The number of nitrogens with zero attached hydrogens (tertiary/aromatic N) is 1. The van der Waals surface area contributed by atoms with Gasteiger partial charge >= 0.3 is 0 Å². The van der Waals surface area contributed by atoms with Crippen LogP contribution in [0, 0.1) is 5.92 Å². The lowest BCUT2D eigenvalue weighted by Gasteiger charge is -2.38. The molecular weight excluding hydrogens is 242 g/mol. The van der Waals surface area contributed by atoms with Gasteiger partial charge in [-0.15, -0.1) is 11.6 Å². The van der Waals surface area contributed by atoms with E-state index in [9.17, 15) is 4.79 Å².